The van der Waals surface area contributed by atoms with E-state index in [2.05, 4.69) is 49.6 Å². The van der Waals surface area contributed by atoms with Gasteiger partial charge in [0, 0.05) is 32.2 Å². The van der Waals surface area contributed by atoms with Crippen LogP contribution in [0.3, 0.4) is 0 Å². The molecule has 192 valence electrons. The van der Waals surface area contributed by atoms with Crippen LogP contribution in [0.25, 0.3) is 0 Å². The molecular weight excluding hydrogens is 456 g/mol. The van der Waals surface area contributed by atoms with Gasteiger partial charge in [-0.25, -0.2) is 4.68 Å². The summed E-state index contributed by atoms with van der Waals surface area (Å²) in [5.41, 5.74) is 2.20. The predicted molar refractivity (Wildman–Crippen MR) is 137 cm³/mol. The average Bonchev–Trinajstić information content (AvgIpc) is 3.63. The van der Waals surface area contributed by atoms with Crippen LogP contribution >= 0.6 is 0 Å². The zero-order chi connectivity index (χ0) is 24.9. The molecule has 3 aromatic rings. The van der Waals surface area contributed by atoms with E-state index >= 15 is 0 Å². The zero-order valence-electron chi connectivity index (χ0n) is 21.5. The molecule has 0 spiro atoms. The number of hydrogen-bond donors (Lipinski definition) is 0. The number of aromatic nitrogens is 4. The molecule has 2 aliphatic rings. The van der Waals surface area contributed by atoms with Crippen LogP contribution in [-0.2, 0) is 6.54 Å². The second-order valence-corrected chi connectivity index (χ2v) is 9.57. The third kappa shape index (κ3) is 5.17. The van der Waals surface area contributed by atoms with E-state index in [9.17, 15) is 0 Å². The maximum atomic E-state index is 5.64. The van der Waals surface area contributed by atoms with Crippen LogP contribution in [0.2, 0.25) is 0 Å². The van der Waals surface area contributed by atoms with E-state index in [0.717, 1.165) is 54.9 Å². The molecule has 0 unspecified atom stereocenters. The molecule has 0 amide bonds. The lowest BCUT2D eigenvalue weighted by Crippen LogP contribution is -2.51. The number of rotatable bonds is 9. The maximum absolute atomic E-state index is 5.64. The number of methoxy groups -OCH3 is 3. The standard InChI is InChI=1S/C27H36N6O3/c1-34-23-11-8-20(9-12-23)19-33-27(28-29-30-33)26(21-10-13-24(35-2)25(18-21)36-3)32-16-14-31(15-17-32)22-6-4-5-7-22/h8-13,18,22,26H,4-7,14-17,19H2,1-3H3/t26-/m0/s1. The molecule has 0 radical (unpaired) electrons. The van der Waals surface area contributed by atoms with Gasteiger partial charge in [-0.2, -0.15) is 0 Å². The van der Waals surface area contributed by atoms with Crippen molar-refractivity contribution in [1.29, 1.82) is 0 Å². The Morgan fingerprint density at radius 3 is 2.25 bits per heavy atom. The van der Waals surface area contributed by atoms with Crippen molar-refractivity contribution in [2.45, 2.75) is 44.3 Å². The van der Waals surface area contributed by atoms with Crippen LogP contribution in [0.1, 0.15) is 48.7 Å². The minimum absolute atomic E-state index is 0.0937. The summed E-state index contributed by atoms with van der Waals surface area (Å²) in [6.45, 7) is 4.64. The first-order valence-corrected chi connectivity index (χ1v) is 12.8. The molecule has 0 bridgehead atoms. The first-order valence-electron chi connectivity index (χ1n) is 12.8. The van der Waals surface area contributed by atoms with E-state index < -0.39 is 0 Å². The number of hydrogen-bond acceptors (Lipinski definition) is 8. The highest BCUT2D eigenvalue weighted by Crippen LogP contribution is 2.35. The minimum Gasteiger partial charge on any atom is -0.497 e. The van der Waals surface area contributed by atoms with E-state index in [1.807, 2.05) is 22.9 Å². The van der Waals surface area contributed by atoms with Gasteiger partial charge in [-0.15, -0.1) is 5.10 Å². The van der Waals surface area contributed by atoms with Crippen LogP contribution in [0.15, 0.2) is 42.5 Å². The molecule has 36 heavy (non-hydrogen) atoms. The first-order chi connectivity index (χ1) is 17.7. The Hall–Kier alpha value is -3.17. The van der Waals surface area contributed by atoms with Gasteiger partial charge in [0.25, 0.3) is 0 Å². The molecule has 1 saturated heterocycles. The summed E-state index contributed by atoms with van der Waals surface area (Å²) in [6.07, 6.45) is 5.39. The molecule has 9 heteroatoms. The summed E-state index contributed by atoms with van der Waals surface area (Å²) in [5, 5.41) is 13.0. The lowest BCUT2D eigenvalue weighted by molar-refractivity contribution is 0.0770. The zero-order valence-corrected chi connectivity index (χ0v) is 21.5. The monoisotopic (exact) mass is 492 g/mol. The summed E-state index contributed by atoms with van der Waals surface area (Å²) in [6, 6.07) is 14.8. The van der Waals surface area contributed by atoms with Crippen molar-refractivity contribution in [1.82, 2.24) is 30.0 Å². The number of tetrazole rings is 1. The fourth-order valence-electron chi connectivity index (χ4n) is 5.60. The third-order valence-corrected chi connectivity index (χ3v) is 7.57. The lowest BCUT2D eigenvalue weighted by Gasteiger charge is -2.41. The highest BCUT2D eigenvalue weighted by Gasteiger charge is 2.33. The second kappa shape index (κ2) is 11.3. The Labute approximate surface area is 212 Å². The summed E-state index contributed by atoms with van der Waals surface area (Å²) in [7, 11) is 5.01. The van der Waals surface area contributed by atoms with Crippen LogP contribution in [0.4, 0.5) is 0 Å². The van der Waals surface area contributed by atoms with E-state index in [1.165, 1.54) is 25.7 Å². The van der Waals surface area contributed by atoms with Gasteiger partial charge in [0.05, 0.1) is 33.9 Å². The first kappa shape index (κ1) is 24.5. The fourth-order valence-corrected chi connectivity index (χ4v) is 5.60. The second-order valence-electron chi connectivity index (χ2n) is 9.57. The van der Waals surface area contributed by atoms with Crippen molar-refractivity contribution >= 4 is 0 Å². The van der Waals surface area contributed by atoms with Crippen LogP contribution in [0.5, 0.6) is 17.2 Å². The molecule has 1 aromatic heterocycles. The molecule has 2 fully saturated rings. The summed E-state index contributed by atoms with van der Waals surface area (Å²) in [4.78, 5) is 5.18. The van der Waals surface area contributed by atoms with Gasteiger partial charge < -0.3 is 14.2 Å². The van der Waals surface area contributed by atoms with Crippen molar-refractivity contribution in [3.05, 3.63) is 59.4 Å². The van der Waals surface area contributed by atoms with Gasteiger partial charge in [-0.05, 0) is 58.7 Å². The summed E-state index contributed by atoms with van der Waals surface area (Å²) in [5.74, 6) is 3.08. The molecule has 5 rings (SSSR count). The van der Waals surface area contributed by atoms with Crippen LogP contribution in [-0.4, -0.2) is 83.6 Å². The highest BCUT2D eigenvalue weighted by molar-refractivity contribution is 5.45. The maximum Gasteiger partial charge on any atom is 0.173 e. The Kier molecular flexibility index (Phi) is 7.67. The lowest BCUT2D eigenvalue weighted by atomic mass is 10.0. The quantitative estimate of drug-likeness (QED) is 0.450. The van der Waals surface area contributed by atoms with E-state index in [0.29, 0.717) is 18.0 Å². The summed E-state index contributed by atoms with van der Waals surface area (Å²) < 4.78 is 18.4. The highest BCUT2D eigenvalue weighted by atomic mass is 16.5. The molecule has 1 saturated carbocycles. The van der Waals surface area contributed by atoms with Crippen molar-refractivity contribution < 1.29 is 14.2 Å². The van der Waals surface area contributed by atoms with Crippen molar-refractivity contribution in [2.24, 2.45) is 0 Å². The molecule has 1 aliphatic heterocycles. The van der Waals surface area contributed by atoms with Gasteiger partial charge >= 0.3 is 0 Å². The molecule has 9 nitrogen and oxygen atoms in total. The van der Waals surface area contributed by atoms with Crippen molar-refractivity contribution in [3.8, 4) is 17.2 Å². The van der Waals surface area contributed by atoms with Gasteiger partial charge in [0.1, 0.15) is 5.75 Å². The normalized spacial score (nSPS) is 18.3. The number of benzene rings is 2. The van der Waals surface area contributed by atoms with E-state index in [4.69, 9.17) is 14.2 Å². The SMILES string of the molecule is COc1ccc(Cn2nnnc2[C@H](c2ccc(OC)c(OC)c2)N2CCN(C3CCCC3)CC2)cc1. The predicted octanol–water partition coefficient (Wildman–Crippen LogP) is 3.40. The van der Waals surface area contributed by atoms with Crippen LogP contribution < -0.4 is 14.2 Å². The molecule has 1 aliphatic carbocycles. The molecule has 2 heterocycles. The summed E-state index contributed by atoms with van der Waals surface area (Å²) >= 11 is 0. The van der Waals surface area contributed by atoms with Crippen molar-refractivity contribution in [2.75, 3.05) is 47.5 Å². The van der Waals surface area contributed by atoms with Crippen LogP contribution in [0, 0.1) is 0 Å². The van der Waals surface area contributed by atoms with Gasteiger partial charge in [0.2, 0.25) is 0 Å². The number of piperazine rings is 1. The molecule has 0 N–H and O–H groups in total. The number of nitrogens with zero attached hydrogens (tertiary/aromatic N) is 6. The largest absolute Gasteiger partial charge is 0.497 e. The van der Waals surface area contributed by atoms with Gasteiger partial charge in [0.15, 0.2) is 17.3 Å². The van der Waals surface area contributed by atoms with E-state index in [1.54, 1.807) is 21.3 Å². The fraction of sp³-hybridized carbons (Fsp3) is 0.519. The van der Waals surface area contributed by atoms with E-state index in [-0.39, 0.29) is 6.04 Å². The Bertz CT molecular complexity index is 1120. The topological polar surface area (TPSA) is 77.8 Å². The van der Waals surface area contributed by atoms with Crippen molar-refractivity contribution in [3.63, 3.8) is 0 Å². The van der Waals surface area contributed by atoms with Gasteiger partial charge in [-0.1, -0.05) is 31.0 Å². The Balaban J connectivity index is 1.44. The molecule has 2 aromatic carbocycles. The molecular formula is C27H36N6O3. The third-order valence-electron chi connectivity index (χ3n) is 7.57. The Morgan fingerprint density at radius 1 is 0.861 bits per heavy atom. The Morgan fingerprint density at radius 2 is 1.58 bits per heavy atom. The number of ether oxygens (including phenoxy) is 3. The smallest absolute Gasteiger partial charge is 0.173 e. The molecule has 1 atom stereocenters. The van der Waals surface area contributed by atoms with Gasteiger partial charge in [-0.3, -0.25) is 9.80 Å². The average molecular weight is 493 g/mol. The minimum atomic E-state index is -0.0937.